The molecule has 19 heavy (non-hydrogen) atoms. The molecule has 6 heteroatoms. The van der Waals surface area contributed by atoms with Gasteiger partial charge in [0, 0.05) is 6.54 Å². The molecule has 0 saturated carbocycles. The van der Waals surface area contributed by atoms with Crippen LogP contribution in [0.1, 0.15) is 12.5 Å². The van der Waals surface area contributed by atoms with E-state index in [9.17, 15) is 9.59 Å². The number of likely N-dealkylation sites (N-methyl/N-ethyl adjacent to an activating group) is 1. The highest BCUT2D eigenvalue weighted by atomic mass is 16.5. The monoisotopic (exact) mass is 261 g/mol. The van der Waals surface area contributed by atoms with E-state index in [-0.39, 0.29) is 19.1 Å². The Kier molecular flexibility index (Phi) is 5.35. The van der Waals surface area contributed by atoms with Crippen molar-refractivity contribution < 1.29 is 14.3 Å². The van der Waals surface area contributed by atoms with Crippen LogP contribution in [0.4, 0.5) is 0 Å². The summed E-state index contributed by atoms with van der Waals surface area (Å²) in [5.41, 5.74) is 5.56. The number of nitrogens with two attached hydrogens (primary N) is 1. The SMILES string of the molecule is CCN(CC(N)=O)C(=O)COc1ccc(C#N)cc1. The fraction of sp³-hybridized carbons (Fsp3) is 0.308. The Balaban J connectivity index is 2.52. The van der Waals surface area contributed by atoms with Gasteiger partial charge in [-0.3, -0.25) is 9.59 Å². The molecule has 100 valence electrons. The summed E-state index contributed by atoms with van der Waals surface area (Å²) >= 11 is 0. The van der Waals surface area contributed by atoms with Crippen molar-refractivity contribution in [1.82, 2.24) is 4.90 Å². The minimum absolute atomic E-state index is 0.119. The zero-order valence-electron chi connectivity index (χ0n) is 10.6. The lowest BCUT2D eigenvalue weighted by atomic mass is 10.2. The van der Waals surface area contributed by atoms with Gasteiger partial charge in [0.1, 0.15) is 5.75 Å². The third-order valence-corrected chi connectivity index (χ3v) is 2.43. The molecule has 0 aliphatic rings. The van der Waals surface area contributed by atoms with Gasteiger partial charge in [-0.2, -0.15) is 5.26 Å². The fourth-order valence-electron chi connectivity index (χ4n) is 1.43. The number of amides is 2. The lowest BCUT2D eigenvalue weighted by molar-refractivity contribution is -0.136. The Morgan fingerprint density at radius 3 is 2.47 bits per heavy atom. The molecule has 0 atom stereocenters. The van der Waals surface area contributed by atoms with Crippen LogP contribution in [0.25, 0.3) is 0 Å². The summed E-state index contributed by atoms with van der Waals surface area (Å²) in [5.74, 6) is -0.387. The maximum atomic E-state index is 11.7. The molecule has 6 nitrogen and oxygen atoms in total. The summed E-state index contributed by atoms with van der Waals surface area (Å²) in [6.45, 7) is 1.85. The van der Waals surface area contributed by atoms with Crippen LogP contribution in [0.2, 0.25) is 0 Å². The first kappa shape index (κ1) is 14.5. The summed E-state index contributed by atoms with van der Waals surface area (Å²) in [5, 5.41) is 8.64. The zero-order chi connectivity index (χ0) is 14.3. The first-order valence-electron chi connectivity index (χ1n) is 5.75. The highest BCUT2D eigenvalue weighted by Crippen LogP contribution is 2.11. The first-order valence-corrected chi connectivity index (χ1v) is 5.75. The van der Waals surface area contributed by atoms with Crippen molar-refractivity contribution in [3.8, 4) is 11.8 Å². The van der Waals surface area contributed by atoms with Crippen LogP contribution in [0.3, 0.4) is 0 Å². The molecule has 2 amide bonds. The molecule has 1 aromatic rings. The summed E-state index contributed by atoms with van der Waals surface area (Å²) in [7, 11) is 0. The Bertz CT molecular complexity index is 491. The number of primary amides is 1. The van der Waals surface area contributed by atoms with Gasteiger partial charge in [0.05, 0.1) is 18.2 Å². The van der Waals surface area contributed by atoms with Gasteiger partial charge in [0.15, 0.2) is 6.61 Å². The van der Waals surface area contributed by atoms with Crippen LogP contribution in [0.5, 0.6) is 5.75 Å². The fourth-order valence-corrected chi connectivity index (χ4v) is 1.43. The molecular weight excluding hydrogens is 246 g/mol. The highest BCUT2D eigenvalue weighted by molar-refractivity contribution is 5.84. The average Bonchev–Trinajstić information content (AvgIpc) is 2.42. The second-order valence-electron chi connectivity index (χ2n) is 3.80. The van der Waals surface area contributed by atoms with Crippen LogP contribution < -0.4 is 10.5 Å². The lowest BCUT2D eigenvalue weighted by Gasteiger charge is -2.19. The van der Waals surface area contributed by atoms with Gasteiger partial charge in [-0.25, -0.2) is 0 Å². The van der Waals surface area contributed by atoms with Gasteiger partial charge in [-0.1, -0.05) is 0 Å². The molecular formula is C13H15N3O3. The Morgan fingerprint density at radius 2 is 2.00 bits per heavy atom. The molecule has 1 rings (SSSR count). The van der Waals surface area contributed by atoms with Crippen LogP contribution in [0.15, 0.2) is 24.3 Å². The largest absolute Gasteiger partial charge is 0.484 e. The van der Waals surface area contributed by atoms with E-state index in [0.717, 1.165) is 0 Å². The van der Waals surface area contributed by atoms with Crippen LogP contribution >= 0.6 is 0 Å². The van der Waals surface area contributed by atoms with Crippen molar-refractivity contribution in [3.05, 3.63) is 29.8 Å². The molecule has 0 heterocycles. The Hall–Kier alpha value is -2.55. The molecule has 0 unspecified atom stereocenters. The van der Waals surface area contributed by atoms with E-state index in [1.165, 1.54) is 4.90 Å². The first-order chi connectivity index (χ1) is 9.06. The van der Waals surface area contributed by atoms with Gasteiger partial charge in [0.25, 0.3) is 5.91 Å². The second kappa shape index (κ2) is 7.01. The Morgan fingerprint density at radius 1 is 1.37 bits per heavy atom. The topological polar surface area (TPSA) is 96.4 Å². The zero-order valence-corrected chi connectivity index (χ0v) is 10.6. The Labute approximate surface area is 111 Å². The number of nitriles is 1. The predicted octanol–water partition coefficient (Wildman–Crippen LogP) is 0.271. The molecule has 0 fully saturated rings. The molecule has 1 aromatic carbocycles. The van der Waals surface area contributed by atoms with Gasteiger partial charge in [0.2, 0.25) is 5.91 Å². The van der Waals surface area contributed by atoms with Crippen molar-refractivity contribution in [2.24, 2.45) is 5.73 Å². The van der Waals surface area contributed by atoms with Gasteiger partial charge < -0.3 is 15.4 Å². The van der Waals surface area contributed by atoms with Crippen molar-refractivity contribution in [3.63, 3.8) is 0 Å². The van der Waals surface area contributed by atoms with Crippen molar-refractivity contribution in [1.29, 1.82) is 5.26 Å². The molecule has 0 aromatic heterocycles. The normalized spacial score (nSPS) is 9.47. The van der Waals surface area contributed by atoms with Crippen LogP contribution in [-0.2, 0) is 9.59 Å². The van der Waals surface area contributed by atoms with E-state index in [1.807, 2.05) is 6.07 Å². The van der Waals surface area contributed by atoms with Gasteiger partial charge in [-0.05, 0) is 31.2 Å². The molecule has 0 saturated heterocycles. The van der Waals surface area contributed by atoms with E-state index >= 15 is 0 Å². The number of benzene rings is 1. The second-order valence-corrected chi connectivity index (χ2v) is 3.80. The van der Waals surface area contributed by atoms with Crippen molar-refractivity contribution in [2.45, 2.75) is 6.92 Å². The summed E-state index contributed by atoms with van der Waals surface area (Å²) in [6.07, 6.45) is 0. The van der Waals surface area contributed by atoms with E-state index < -0.39 is 5.91 Å². The third kappa shape index (κ3) is 4.68. The smallest absolute Gasteiger partial charge is 0.260 e. The number of carbonyl (C=O) groups is 2. The van der Waals surface area contributed by atoms with Crippen molar-refractivity contribution in [2.75, 3.05) is 19.7 Å². The number of hydrogen-bond donors (Lipinski definition) is 1. The number of ether oxygens (including phenoxy) is 1. The van der Waals surface area contributed by atoms with Crippen molar-refractivity contribution >= 4 is 11.8 Å². The minimum atomic E-state index is -0.562. The van der Waals surface area contributed by atoms with Crippen LogP contribution in [0, 0.1) is 11.3 Å². The number of nitrogens with zero attached hydrogens (tertiary/aromatic N) is 2. The highest BCUT2D eigenvalue weighted by Gasteiger charge is 2.14. The van der Waals surface area contributed by atoms with E-state index in [2.05, 4.69) is 0 Å². The average molecular weight is 261 g/mol. The maximum absolute atomic E-state index is 11.7. The molecule has 0 aliphatic carbocycles. The minimum Gasteiger partial charge on any atom is -0.484 e. The molecule has 0 spiro atoms. The predicted molar refractivity (Wildman–Crippen MR) is 68.1 cm³/mol. The van der Waals surface area contributed by atoms with Crippen LogP contribution in [-0.4, -0.2) is 36.4 Å². The molecule has 0 radical (unpaired) electrons. The van der Waals surface area contributed by atoms with E-state index in [0.29, 0.717) is 17.9 Å². The van der Waals surface area contributed by atoms with Gasteiger partial charge >= 0.3 is 0 Å². The van der Waals surface area contributed by atoms with E-state index in [4.69, 9.17) is 15.7 Å². The lowest BCUT2D eigenvalue weighted by Crippen LogP contribution is -2.40. The summed E-state index contributed by atoms with van der Waals surface area (Å²) in [6, 6.07) is 8.40. The summed E-state index contributed by atoms with van der Waals surface area (Å²) in [4.78, 5) is 23.8. The molecule has 2 N–H and O–H groups in total. The standard InChI is InChI=1S/C13H15N3O3/c1-2-16(8-12(15)17)13(18)9-19-11-5-3-10(7-14)4-6-11/h3-6H,2,8-9H2,1H3,(H2,15,17). The molecule has 0 bridgehead atoms. The number of carbonyl (C=O) groups excluding carboxylic acids is 2. The quantitative estimate of drug-likeness (QED) is 0.794. The third-order valence-electron chi connectivity index (χ3n) is 2.43. The maximum Gasteiger partial charge on any atom is 0.260 e. The molecule has 0 aliphatic heterocycles. The van der Waals surface area contributed by atoms with E-state index in [1.54, 1.807) is 31.2 Å². The number of hydrogen-bond acceptors (Lipinski definition) is 4. The summed E-state index contributed by atoms with van der Waals surface area (Å²) < 4.78 is 5.28. The van der Waals surface area contributed by atoms with Gasteiger partial charge in [-0.15, -0.1) is 0 Å². The number of rotatable bonds is 6.